The van der Waals surface area contributed by atoms with E-state index in [9.17, 15) is 14.4 Å². The molecule has 3 aliphatic rings. The number of hydrogen-bond donors (Lipinski definition) is 0. The van der Waals surface area contributed by atoms with Gasteiger partial charge in [-0.15, -0.1) is 0 Å². The predicted molar refractivity (Wildman–Crippen MR) is 122 cm³/mol. The summed E-state index contributed by atoms with van der Waals surface area (Å²) in [6, 6.07) is 11.6. The molecule has 0 spiro atoms. The molecule has 32 heavy (non-hydrogen) atoms. The van der Waals surface area contributed by atoms with E-state index in [-0.39, 0.29) is 30.1 Å². The van der Waals surface area contributed by atoms with Gasteiger partial charge in [0.25, 0.3) is 0 Å². The fraction of sp³-hybridized carbons (Fsp3) is 0.417. The molecule has 0 aliphatic carbocycles. The van der Waals surface area contributed by atoms with E-state index in [0.29, 0.717) is 26.2 Å². The first-order chi connectivity index (χ1) is 15.5. The Morgan fingerprint density at radius 1 is 1.03 bits per heavy atom. The lowest BCUT2D eigenvalue weighted by atomic mass is 10.1. The summed E-state index contributed by atoms with van der Waals surface area (Å²) in [7, 11) is 0. The molecule has 166 valence electrons. The molecule has 0 N–H and O–H groups in total. The standard InChI is InChI=1S/C24H27N5O3/c1-17(30)28-9-7-18-14-20(5-6-21(18)28)29-16-19(15-23(29)31)24(32)27-12-10-26(11-13-27)22-4-2-3-8-25-22/h2-6,8,14,19H,7,9-13,15-16H2,1H3/t19-/m0/s1. The largest absolute Gasteiger partial charge is 0.353 e. The van der Waals surface area contributed by atoms with Crippen molar-refractivity contribution in [1.82, 2.24) is 9.88 Å². The zero-order chi connectivity index (χ0) is 22.2. The average molecular weight is 434 g/mol. The topological polar surface area (TPSA) is 77.1 Å². The molecule has 1 aromatic carbocycles. The van der Waals surface area contributed by atoms with Crippen molar-refractivity contribution in [2.75, 3.05) is 54.0 Å². The highest BCUT2D eigenvalue weighted by Gasteiger charge is 2.38. The summed E-state index contributed by atoms with van der Waals surface area (Å²) >= 11 is 0. The molecule has 0 saturated carbocycles. The number of piperazine rings is 1. The number of amides is 3. The maximum Gasteiger partial charge on any atom is 0.228 e. The van der Waals surface area contributed by atoms with Gasteiger partial charge in [0.15, 0.2) is 0 Å². The van der Waals surface area contributed by atoms with Crippen LogP contribution in [0.25, 0.3) is 0 Å². The molecule has 1 aromatic heterocycles. The van der Waals surface area contributed by atoms with E-state index in [4.69, 9.17) is 0 Å². The summed E-state index contributed by atoms with van der Waals surface area (Å²) in [5, 5.41) is 0. The van der Waals surface area contributed by atoms with E-state index in [1.54, 1.807) is 22.9 Å². The highest BCUT2D eigenvalue weighted by atomic mass is 16.2. The summed E-state index contributed by atoms with van der Waals surface area (Å²) in [5.74, 6) is 0.692. The summed E-state index contributed by atoms with van der Waals surface area (Å²) in [6.45, 7) is 5.41. The molecule has 2 fully saturated rings. The number of benzene rings is 1. The molecule has 3 aliphatic heterocycles. The number of pyridine rings is 1. The van der Waals surface area contributed by atoms with Gasteiger partial charge < -0.3 is 19.6 Å². The molecule has 5 rings (SSSR count). The third kappa shape index (κ3) is 3.70. The van der Waals surface area contributed by atoms with E-state index >= 15 is 0 Å². The molecule has 1 atom stereocenters. The highest BCUT2D eigenvalue weighted by Crippen LogP contribution is 2.34. The Kier molecular flexibility index (Phi) is 5.28. The van der Waals surface area contributed by atoms with E-state index in [1.807, 2.05) is 41.3 Å². The number of anilines is 3. The first kappa shape index (κ1) is 20.5. The molecule has 0 unspecified atom stereocenters. The molecule has 8 nitrogen and oxygen atoms in total. The number of fused-ring (bicyclic) bond motifs is 1. The summed E-state index contributed by atoms with van der Waals surface area (Å²) in [4.78, 5) is 49.6. The Bertz CT molecular complexity index is 1050. The summed E-state index contributed by atoms with van der Waals surface area (Å²) in [5.41, 5.74) is 2.81. The quantitative estimate of drug-likeness (QED) is 0.736. The van der Waals surface area contributed by atoms with E-state index in [2.05, 4.69) is 9.88 Å². The lowest BCUT2D eigenvalue weighted by molar-refractivity contribution is -0.136. The minimum Gasteiger partial charge on any atom is -0.353 e. The van der Waals surface area contributed by atoms with E-state index < -0.39 is 0 Å². The minimum absolute atomic E-state index is 0.0168. The maximum absolute atomic E-state index is 13.1. The second-order valence-electron chi connectivity index (χ2n) is 8.64. The third-order valence-corrected chi connectivity index (χ3v) is 6.69. The van der Waals surface area contributed by atoms with Crippen LogP contribution in [-0.2, 0) is 20.8 Å². The molecule has 2 saturated heterocycles. The van der Waals surface area contributed by atoms with Crippen molar-refractivity contribution in [3.8, 4) is 0 Å². The van der Waals surface area contributed by atoms with Crippen molar-refractivity contribution in [3.05, 3.63) is 48.2 Å². The van der Waals surface area contributed by atoms with Crippen molar-refractivity contribution in [1.29, 1.82) is 0 Å². The smallest absolute Gasteiger partial charge is 0.228 e. The van der Waals surface area contributed by atoms with Crippen LogP contribution < -0.4 is 14.7 Å². The van der Waals surface area contributed by atoms with Crippen LogP contribution in [0.4, 0.5) is 17.2 Å². The number of aromatic nitrogens is 1. The van der Waals surface area contributed by atoms with Crippen LogP contribution in [0, 0.1) is 5.92 Å². The maximum atomic E-state index is 13.1. The number of carbonyl (C=O) groups excluding carboxylic acids is 3. The Hall–Kier alpha value is -3.42. The van der Waals surface area contributed by atoms with Crippen LogP contribution in [0.15, 0.2) is 42.6 Å². The molecule has 0 radical (unpaired) electrons. The third-order valence-electron chi connectivity index (χ3n) is 6.69. The highest BCUT2D eigenvalue weighted by molar-refractivity contribution is 6.01. The van der Waals surface area contributed by atoms with Crippen LogP contribution in [0.3, 0.4) is 0 Å². The van der Waals surface area contributed by atoms with Gasteiger partial charge in [0.2, 0.25) is 17.7 Å². The predicted octanol–water partition coefficient (Wildman–Crippen LogP) is 1.69. The fourth-order valence-corrected chi connectivity index (χ4v) is 4.96. The lowest BCUT2D eigenvalue weighted by Crippen LogP contribution is -2.51. The monoisotopic (exact) mass is 433 g/mol. The average Bonchev–Trinajstić information content (AvgIpc) is 3.42. The lowest BCUT2D eigenvalue weighted by Gasteiger charge is -2.36. The van der Waals surface area contributed by atoms with Gasteiger partial charge >= 0.3 is 0 Å². The minimum atomic E-state index is -0.314. The number of rotatable bonds is 3. The zero-order valence-corrected chi connectivity index (χ0v) is 18.2. The van der Waals surface area contributed by atoms with Crippen molar-refractivity contribution in [3.63, 3.8) is 0 Å². The van der Waals surface area contributed by atoms with Crippen LogP contribution in [0.5, 0.6) is 0 Å². The Balaban J connectivity index is 1.23. The molecule has 0 bridgehead atoms. The van der Waals surface area contributed by atoms with Gasteiger partial charge in [-0.3, -0.25) is 14.4 Å². The van der Waals surface area contributed by atoms with Gasteiger partial charge in [-0.25, -0.2) is 4.98 Å². The second-order valence-corrected chi connectivity index (χ2v) is 8.64. The Morgan fingerprint density at radius 2 is 1.84 bits per heavy atom. The SMILES string of the molecule is CC(=O)N1CCc2cc(N3C[C@@H](C(=O)N4CCN(c5ccccn5)CC4)CC3=O)ccc21. The van der Waals surface area contributed by atoms with Gasteiger partial charge in [-0.05, 0) is 42.3 Å². The van der Waals surface area contributed by atoms with Gasteiger partial charge in [-0.2, -0.15) is 0 Å². The van der Waals surface area contributed by atoms with Crippen molar-refractivity contribution in [2.45, 2.75) is 19.8 Å². The molecule has 4 heterocycles. The van der Waals surface area contributed by atoms with Gasteiger partial charge in [0.1, 0.15) is 5.82 Å². The van der Waals surface area contributed by atoms with Crippen LogP contribution in [0.2, 0.25) is 0 Å². The molecule has 3 amide bonds. The van der Waals surface area contributed by atoms with Crippen LogP contribution >= 0.6 is 0 Å². The van der Waals surface area contributed by atoms with Crippen LogP contribution in [0.1, 0.15) is 18.9 Å². The number of carbonyl (C=O) groups is 3. The normalized spacial score (nSPS) is 20.7. The number of nitrogens with zero attached hydrogens (tertiary/aromatic N) is 5. The molecule has 8 heteroatoms. The van der Waals surface area contributed by atoms with Crippen molar-refractivity contribution < 1.29 is 14.4 Å². The van der Waals surface area contributed by atoms with Gasteiger partial charge in [0.05, 0.1) is 5.92 Å². The molecular weight excluding hydrogens is 406 g/mol. The van der Waals surface area contributed by atoms with Gasteiger partial charge in [-0.1, -0.05) is 6.07 Å². The zero-order valence-electron chi connectivity index (χ0n) is 18.2. The summed E-state index contributed by atoms with van der Waals surface area (Å²) < 4.78 is 0. The Morgan fingerprint density at radius 3 is 2.56 bits per heavy atom. The fourth-order valence-electron chi connectivity index (χ4n) is 4.96. The molecule has 2 aromatic rings. The van der Waals surface area contributed by atoms with Crippen molar-refractivity contribution in [2.24, 2.45) is 5.92 Å². The van der Waals surface area contributed by atoms with Crippen molar-refractivity contribution >= 4 is 34.9 Å². The molecular formula is C24H27N5O3. The van der Waals surface area contributed by atoms with E-state index in [0.717, 1.165) is 42.3 Å². The van der Waals surface area contributed by atoms with E-state index in [1.165, 1.54) is 0 Å². The summed E-state index contributed by atoms with van der Waals surface area (Å²) in [6.07, 6.45) is 2.81. The second kappa shape index (κ2) is 8.26. The van der Waals surface area contributed by atoms with Gasteiger partial charge in [0, 0.05) is 70.2 Å². The van der Waals surface area contributed by atoms with Crippen LogP contribution in [-0.4, -0.2) is 66.9 Å². The first-order valence-electron chi connectivity index (χ1n) is 11.2. The Labute approximate surface area is 187 Å². The number of hydrogen-bond acceptors (Lipinski definition) is 5. The first-order valence-corrected chi connectivity index (χ1v) is 11.2.